The van der Waals surface area contributed by atoms with E-state index in [-0.39, 0.29) is 12.8 Å². The highest BCUT2D eigenvalue weighted by Gasteiger charge is 2.27. The minimum absolute atomic E-state index is 0.195. The fourth-order valence-corrected chi connectivity index (χ4v) is 5.78. The molecule has 3 unspecified atom stereocenters. The lowest BCUT2D eigenvalue weighted by molar-refractivity contribution is -0.153. The van der Waals surface area contributed by atoms with Gasteiger partial charge < -0.3 is 24.6 Å². The number of carbonyl (C=O) groups is 2. The number of aliphatic hydroxyl groups excluding tert-OH is 2. The molecule has 0 heterocycles. The van der Waals surface area contributed by atoms with Crippen LogP contribution in [0.5, 0.6) is 0 Å². The van der Waals surface area contributed by atoms with Crippen LogP contribution in [0.4, 0.5) is 0 Å². The van der Waals surface area contributed by atoms with Crippen molar-refractivity contribution in [2.75, 3.05) is 26.4 Å². The molecule has 3 atom stereocenters. The summed E-state index contributed by atoms with van der Waals surface area (Å²) in [5.41, 5.74) is 0. The van der Waals surface area contributed by atoms with Crippen LogP contribution in [0.15, 0.2) is 0 Å². The Kier molecular flexibility index (Phi) is 30.8. The van der Waals surface area contributed by atoms with Crippen molar-refractivity contribution in [3.63, 3.8) is 0 Å². The van der Waals surface area contributed by atoms with Gasteiger partial charge in [-0.1, -0.05) is 142 Å². The molecule has 0 aliphatic carbocycles. The van der Waals surface area contributed by atoms with Gasteiger partial charge in [0.1, 0.15) is 12.2 Å². The molecular weight excluding hydrogens is 599 g/mol. The fourth-order valence-electron chi connectivity index (χ4n) is 5.00. The molecule has 10 nitrogen and oxygen atoms in total. The van der Waals surface area contributed by atoms with Gasteiger partial charge >= 0.3 is 19.8 Å². The van der Waals surface area contributed by atoms with Gasteiger partial charge in [0, 0.05) is 12.8 Å². The molecule has 0 saturated heterocycles. The quantitative estimate of drug-likeness (QED) is 0.0348. The molecular formula is C34H67O10P. The zero-order chi connectivity index (χ0) is 33.4. The minimum Gasteiger partial charge on any atom is -0.457 e. The highest BCUT2D eigenvalue weighted by Crippen LogP contribution is 2.43. The lowest BCUT2D eigenvalue weighted by atomic mass is 10.0. The standard InChI is InChI=1S/C34H67O10P/c1-3-5-7-9-11-12-13-14-15-16-17-18-20-22-24-26-34(38)44-32(28-36)30-42-45(39,40)41-29-31(27-35)43-33(37)25-23-21-19-10-8-6-4-2/h31-32,35-36H,3-30H2,1-2H3,(H,39,40). The summed E-state index contributed by atoms with van der Waals surface area (Å²) in [6, 6.07) is 0. The lowest BCUT2D eigenvalue weighted by Crippen LogP contribution is -2.28. The normalized spacial score (nSPS) is 14.2. The molecule has 0 bridgehead atoms. The van der Waals surface area contributed by atoms with E-state index in [9.17, 15) is 29.3 Å². The van der Waals surface area contributed by atoms with E-state index < -0.39 is 58.4 Å². The van der Waals surface area contributed by atoms with Crippen LogP contribution in [-0.4, -0.2) is 65.7 Å². The van der Waals surface area contributed by atoms with Crippen LogP contribution in [0.25, 0.3) is 0 Å². The van der Waals surface area contributed by atoms with E-state index in [0.29, 0.717) is 12.8 Å². The molecule has 0 saturated carbocycles. The molecule has 11 heteroatoms. The van der Waals surface area contributed by atoms with E-state index in [1.54, 1.807) is 0 Å². The van der Waals surface area contributed by atoms with Crippen molar-refractivity contribution in [1.82, 2.24) is 0 Å². The third-order valence-electron chi connectivity index (χ3n) is 7.82. The summed E-state index contributed by atoms with van der Waals surface area (Å²) in [5.74, 6) is -1.02. The Balaban J connectivity index is 3.95. The number of aliphatic hydroxyl groups is 2. The molecule has 0 aromatic rings. The third-order valence-corrected chi connectivity index (χ3v) is 8.77. The van der Waals surface area contributed by atoms with Gasteiger partial charge in [0.25, 0.3) is 0 Å². The number of carbonyl (C=O) groups excluding carboxylic acids is 2. The second-order valence-electron chi connectivity index (χ2n) is 12.2. The van der Waals surface area contributed by atoms with E-state index >= 15 is 0 Å². The summed E-state index contributed by atoms with van der Waals surface area (Å²) in [4.78, 5) is 34.1. The van der Waals surface area contributed by atoms with Crippen molar-refractivity contribution >= 4 is 19.8 Å². The first kappa shape index (κ1) is 44.0. The highest BCUT2D eigenvalue weighted by molar-refractivity contribution is 7.47. The van der Waals surface area contributed by atoms with Crippen LogP contribution in [0.1, 0.15) is 168 Å². The average molecular weight is 667 g/mol. The maximum absolute atomic E-state index is 12.2. The van der Waals surface area contributed by atoms with Gasteiger partial charge in [-0.25, -0.2) is 4.57 Å². The average Bonchev–Trinajstić information content (AvgIpc) is 3.02. The number of rotatable bonds is 34. The molecule has 0 aliphatic rings. The van der Waals surface area contributed by atoms with Crippen LogP contribution in [0, 0.1) is 0 Å². The van der Waals surface area contributed by atoms with Gasteiger partial charge in [0.05, 0.1) is 26.4 Å². The van der Waals surface area contributed by atoms with Crippen molar-refractivity contribution in [1.29, 1.82) is 0 Å². The number of hydrogen-bond donors (Lipinski definition) is 3. The first-order valence-corrected chi connectivity index (χ1v) is 19.5. The Bertz CT molecular complexity index is 736. The van der Waals surface area contributed by atoms with E-state index in [0.717, 1.165) is 38.5 Å². The summed E-state index contributed by atoms with van der Waals surface area (Å²) in [6.07, 6.45) is 23.9. The Labute approximate surface area is 273 Å². The SMILES string of the molecule is CCCCCCCCCCCCCCCCCC(=O)OC(CO)COP(=O)(O)OCC(CO)OC(=O)CCCCCCCCC. The Morgan fingerprint density at radius 2 is 0.778 bits per heavy atom. The Morgan fingerprint density at radius 3 is 1.04 bits per heavy atom. The van der Waals surface area contributed by atoms with Crippen molar-refractivity contribution in [3.05, 3.63) is 0 Å². The molecule has 3 N–H and O–H groups in total. The van der Waals surface area contributed by atoms with Gasteiger partial charge in [-0.2, -0.15) is 0 Å². The van der Waals surface area contributed by atoms with Crippen LogP contribution < -0.4 is 0 Å². The zero-order valence-corrected chi connectivity index (χ0v) is 29.5. The number of ether oxygens (including phenoxy) is 2. The van der Waals surface area contributed by atoms with E-state index in [4.69, 9.17) is 18.5 Å². The lowest BCUT2D eigenvalue weighted by Gasteiger charge is -2.20. The molecule has 0 aromatic heterocycles. The zero-order valence-electron chi connectivity index (χ0n) is 28.6. The molecule has 45 heavy (non-hydrogen) atoms. The molecule has 0 amide bonds. The highest BCUT2D eigenvalue weighted by atomic mass is 31.2. The first-order chi connectivity index (χ1) is 21.8. The molecule has 0 radical (unpaired) electrons. The number of esters is 2. The number of hydrogen-bond acceptors (Lipinski definition) is 9. The van der Waals surface area contributed by atoms with Crippen LogP contribution in [0.3, 0.4) is 0 Å². The number of phosphoric ester groups is 1. The van der Waals surface area contributed by atoms with Crippen LogP contribution in [0.2, 0.25) is 0 Å². The summed E-state index contributed by atoms with van der Waals surface area (Å²) >= 11 is 0. The van der Waals surface area contributed by atoms with Gasteiger partial charge in [-0.05, 0) is 12.8 Å². The molecule has 0 aromatic carbocycles. The smallest absolute Gasteiger partial charge is 0.457 e. The predicted octanol–water partition coefficient (Wildman–Crippen LogP) is 8.33. The summed E-state index contributed by atoms with van der Waals surface area (Å²) < 4.78 is 32.3. The van der Waals surface area contributed by atoms with E-state index in [1.165, 1.54) is 89.9 Å². The summed E-state index contributed by atoms with van der Waals surface area (Å²) in [7, 11) is -4.61. The van der Waals surface area contributed by atoms with Crippen molar-refractivity contribution in [3.8, 4) is 0 Å². The molecule has 268 valence electrons. The van der Waals surface area contributed by atoms with Gasteiger partial charge in [-0.15, -0.1) is 0 Å². The molecule has 0 spiro atoms. The van der Waals surface area contributed by atoms with Crippen molar-refractivity contribution in [2.45, 2.75) is 180 Å². The topological polar surface area (TPSA) is 149 Å². The Hall–Kier alpha value is -1.03. The maximum Gasteiger partial charge on any atom is 0.472 e. The summed E-state index contributed by atoms with van der Waals surface area (Å²) in [5, 5.41) is 19.0. The molecule has 0 rings (SSSR count). The molecule has 0 aliphatic heterocycles. The van der Waals surface area contributed by atoms with Crippen molar-refractivity contribution < 1.29 is 47.8 Å². The largest absolute Gasteiger partial charge is 0.472 e. The Morgan fingerprint density at radius 1 is 0.511 bits per heavy atom. The van der Waals surface area contributed by atoms with Crippen molar-refractivity contribution in [2.24, 2.45) is 0 Å². The van der Waals surface area contributed by atoms with E-state index in [2.05, 4.69) is 13.8 Å². The van der Waals surface area contributed by atoms with Gasteiger partial charge in [0.2, 0.25) is 0 Å². The number of phosphoric acid groups is 1. The summed E-state index contributed by atoms with van der Waals surface area (Å²) in [6.45, 7) is 2.15. The second kappa shape index (κ2) is 31.6. The second-order valence-corrected chi connectivity index (χ2v) is 13.7. The third kappa shape index (κ3) is 30.1. The molecule has 0 fully saturated rings. The monoisotopic (exact) mass is 666 g/mol. The minimum atomic E-state index is -4.61. The van der Waals surface area contributed by atoms with Gasteiger partial charge in [0.15, 0.2) is 0 Å². The van der Waals surface area contributed by atoms with Crippen LogP contribution >= 0.6 is 7.82 Å². The predicted molar refractivity (Wildman–Crippen MR) is 178 cm³/mol. The fraction of sp³-hybridized carbons (Fsp3) is 0.941. The van der Waals surface area contributed by atoms with Gasteiger partial charge in [-0.3, -0.25) is 18.6 Å². The maximum atomic E-state index is 12.2. The van der Waals surface area contributed by atoms with E-state index in [1.807, 2.05) is 0 Å². The number of unbranched alkanes of at least 4 members (excludes halogenated alkanes) is 20. The van der Waals surface area contributed by atoms with Crippen LogP contribution in [-0.2, 0) is 32.7 Å². The first-order valence-electron chi connectivity index (χ1n) is 18.0.